The fraction of sp³-hybridized carbons (Fsp3) is 1.00. The molecule has 0 atom stereocenters. The highest BCUT2D eigenvalue weighted by atomic mass is 14.8. The first-order valence-corrected chi connectivity index (χ1v) is 6.54. The van der Waals surface area contributed by atoms with Crippen LogP contribution in [0.1, 0.15) is 66.2 Å². The minimum Gasteiger partial charge on any atom is -0.325 e. The summed E-state index contributed by atoms with van der Waals surface area (Å²) in [7, 11) is 0. The maximum atomic E-state index is 6.20. The monoisotopic (exact) mass is 209 g/mol. The van der Waals surface area contributed by atoms with Crippen LogP contribution in [0, 0.1) is 16.7 Å². The van der Waals surface area contributed by atoms with Gasteiger partial charge in [0, 0.05) is 5.54 Å². The highest BCUT2D eigenvalue weighted by molar-refractivity contribution is 5.02. The Hall–Kier alpha value is -0.0400. The quantitative estimate of drug-likeness (QED) is 0.753. The molecule has 0 aromatic heterocycles. The van der Waals surface area contributed by atoms with Gasteiger partial charge in [0.15, 0.2) is 0 Å². The molecule has 0 radical (unpaired) electrons. The topological polar surface area (TPSA) is 26.0 Å². The molecule has 2 N–H and O–H groups in total. The van der Waals surface area contributed by atoms with Crippen LogP contribution in [-0.4, -0.2) is 5.54 Å². The van der Waals surface area contributed by atoms with E-state index in [0.29, 0.717) is 10.8 Å². The van der Waals surface area contributed by atoms with Crippen LogP contribution in [0.3, 0.4) is 0 Å². The van der Waals surface area contributed by atoms with Gasteiger partial charge in [-0.15, -0.1) is 0 Å². The van der Waals surface area contributed by atoms with E-state index in [1.54, 1.807) is 0 Å². The van der Waals surface area contributed by atoms with E-state index in [9.17, 15) is 0 Å². The molecule has 2 saturated carbocycles. The highest BCUT2D eigenvalue weighted by Crippen LogP contribution is 2.56. The molecule has 0 bridgehead atoms. The maximum absolute atomic E-state index is 6.20. The second kappa shape index (κ2) is 3.23. The zero-order chi connectivity index (χ0) is 11.3. The standard InChI is InChI=1S/C14H27N/c1-12(2)7-8-13(3,4)11(12)5-6-14(15)9-10-14/h11H,5-10,15H2,1-4H3. The molecular formula is C14H27N. The first kappa shape index (κ1) is 11.4. The zero-order valence-corrected chi connectivity index (χ0v) is 10.9. The summed E-state index contributed by atoms with van der Waals surface area (Å²) in [6, 6.07) is 0. The Labute approximate surface area is 94.8 Å². The molecule has 0 spiro atoms. The molecule has 2 aliphatic rings. The van der Waals surface area contributed by atoms with Gasteiger partial charge in [0.05, 0.1) is 0 Å². The predicted octanol–water partition coefficient (Wildman–Crippen LogP) is 3.72. The van der Waals surface area contributed by atoms with Crippen LogP contribution in [0.15, 0.2) is 0 Å². The van der Waals surface area contributed by atoms with Gasteiger partial charge in [-0.1, -0.05) is 27.7 Å². The highest BCUT2D eigenvalue weighted by Gasteiger charge is 2.48. The lowest BCUT2D eigenvalue weighted by Gasteiger charge is -2.36. The molecule has 2 rings (SSSR count). The van der Waals surface area contributed by atoms with Crippen LogP contribution in [0.4, 0.5) is 0 Å². The Morgan fingerprint density at radius 3 is 1.80 bits per heavy atom. The lowest BCUT2D eigenvalue weighted by molar-refractivity contribution is 0.139. The summed E-state index contributed by atoms with van der Waals surface area (Å²) in [4.78, 5) is 0. The second-order valence-corrected chi connectivity index (χ2v) is 7.43. The van der Waals surface area contributed by atoms with Crippen molar-refractivity contribution in [1.29, 1.82) is 0 Å². The fourth-order valence-electron chi connectivity index (χ4n) is 3.67. The third-order valence-electron chi connectivity index (χ3n) is 5.12. The van der Waals surface area contributed by atoms with Gasteiger partial charge in [-0.05, 0) is 55.3 Å². The Balaban J connectivity index is 1.98. The SMILES string of the molecule is CC1(C)CCC(C)(C)C1CCC1(N)CC1. The molecule has 2 aliphatic carbocycles. The maximum Gasteiger partial charge on any atom is 0.0155 e. The van der Waals surface area contributed by atoms with Gasteiger partial charge in [-0.2, -0.15) is 0 Å². The summed E-state index contributed by atoms with van der Waals surface area (Å²) in [5.41, 5.74) is 7.52. The van der Waals surface area contributed by atoms with Gasteiger partial charge < -0.3 is 5.73 Å². The molecule has 0 amide bonds. The number of rotatable bonds is 3. The molecule has 0 saturated heterocycles. The van der Waals surface area contributed by atoms with E-state index in [-0.39, 0.29) is 5.54 Å². The van der Waals surface area contributed by atoms with Crippen molar-refractivity contribution >= 4 is 0 Å². The summed E-state index contributed by atoms with van der Waals surface area (Å²) in [5, 5.41) is 0. The molecule has 88 valence electrons. The van der Waals surface area contributed by atoms with Crippen LogP contribution in [0.5, 0.6) is 0 Å². The third-order valence-corrected chi connectivity index (χ3v) is 5.12. The molecule has 0 aliphatic heterocycles. The molecule has 0 aromatic carbocycles. The van der Waals surface area contributed by atoms with E-state index in [4.69, 9.17) is 5.73 Å². The first-order chi connectivity index (χ1) is 6.75. The van der Waals surface area contributed by atoms with Gasteiger partial charge in [-0.3, -0.25) is 0 Å². The minimum atomic E-state index is 0.245. The Morgan fingerprint density at radius 2 is 1.40 bits per heavy atom. The van der Waals surface area contributed by atoms with Crippen LogP contribution in [0.2, 0.25) is 0 Å². The molecule has 0 heterocycles. The molecule has 1 heteroatoms. The van der Waals surface area contributed by atoms with Gasteiger partial charge in [0.1, 0.15) is 0 Å². The molecular weight excluding hydrogens is 182 g/mol. The Kier molecular flexibility index (Phi) is 2.46. The van der Waals surface area contributed by atoms with E-state index in [0.717, 1.165) is 5.92 Å². The normalized spacial score (nSPS) is 31.8. The molecule has 1 nitrogen and oxygen atoms in total. The predicted molar refractivity (Wildman–Crippen MR) is 65.7 cm³/mol. The van der Waals surface area contributed by atoms with Crippen molar-refractivity contribution in [3.05, 3.63) is 0 Å². The number of nitrogens with two attached hydrogens (primary N) is 1. The van der Waals surface area contributed by atoms with Gasteiger partial charge in [0.2, 0.25) is 0 Å². The third kappa shape index (κ3) is 2.22. The van der Waals surface area contributed by atoms with E-state index in [2.05, 4.69) is 27.7 Å². The van der Waals surface area contributed by atoms with Crippen molar-refractivity contribution in [3.63, 3.8) is 0 Å². The molecule has 0 unspecified atom stereocenters. The number of hydrogen-bond acceptors (Lipinski definition) is 1. The lowest BCUT2D eigenvalue weighted by atomic mass is 9.69. The molecule has 0 aromatic rings. The van der Waals surface area contributed by atoms with E-state index >= 15 is 0 Å². The van der Waals surface area contributed by atoms with Crippen LogP contribution >= 0.6 is 0 Å². The fourth-order valence-corrected chi connectivity index (χ4v) is 3.67. The zero-order valence-electron chi connectivity index (χ0n) is 10.9. The smallest absolute Gasteiger partial charge is 0.0155 e. The number of hydrogen-bond donors (Lipinski definition) is 1. The Morgan fingerprint density at radius 1 is 0.933 bits per heavy atom. The average Bonchev–Trinajstić information content (AvgIpc) is 2.76. The van der Waals surface area contributed by atoms with Crippen LogP contribution in [0.25, 0.3) is 0 Å². The molecule has 15 heavy (non-hydrogen) atoms. The summed E-state index contributed by atoms with van der Waals surface area (Å²) in [6.07, 6.45) is 7.91. The van der Waals surface area contributed by atoms with Crippen molar-refractivity contribution in [2.24, 2.45) is 22.5 Å². The Bertz CT molecular complexity index is 232. The van der Waals surface area contributed by atoms with E-state index in [1.807, 2.05) is 0 Å². The second-order valence-electron chi connectivity index (χ2n) is 7.43. The van der Waals surface area contributed by atoms with Gasteiger partial charge >= 0.3 is 0 Å². The van der Waals surface area contributed by atoms with Crippen molar-refractivity contribution in [1.82, 2.24) is 0 Å². The summed E-state index contributed by atoms with van der Waals surface area (Å²) in [5.74, 6) is 0.867. The van der Waals surface area contributed by atoms with Crippen molar-refractivity contribution in [2.75, 3.05) is 0 Å². The van der Waals surface area contributed by atoms with E-state index in [1.165, 1.54) is 38.5 Å². The first-order valence-electron chi connectivity index (χ1n) is 6.54. The van der Waals surface area contributed by atoms with Crippen molar-refractivity contribution in [3.8, 4) is 0 Å². The van der Waals surface area contributed by atoms with Gasteiger partial charge in [-0.25, -0.2) is 0 Å². The largest absolute Gasteiger partial charge is 0.325 e. The minimum absolute atomic E-state index is 0.245. The lowest BCUT2D eigenvalue weighted by Crippen LogP contribution is -2.31. The van der Waals surface area contributed by atoms with Crippen molar-refractivity contribution < 1.29 is 0 Å². The summed E-state index contributed by atoms with van der Waals surface area (Å²) >= 11 is 0. The van der Waals surface area contributed by atoms with Crippen LogP contribution in [-0.2, 0) is 0 Å². The summed E-state index contributed by atoms with van der Waals surface area (Å²) in [6.45, 7) is 9.79. The van der Waals surface area contributed by atoms with Crippen LogP contribution < -0.4 is 5.73 Å². The summed E-state index contributed by atoms with van der Waals surface area (Å²) < 4.78 is 0. The van der Waals surface area contributed by atoms with E-state index < -0.39 is 0 Å². The van der Waals surface area contributed by atoms with Crippen molar-refractivity contribution in [2.45, 2.75) is 71.8 Å². The average molecular weight is 209 g/mol. The molecule has 2 fully saturated rings. The van der Waals surface area contributed by atoms with Gasteiger partial charge in [0.25, 0.3) is 0 Å².